The van der Waals surface area contributed by atoms with Gasteiger partial charge in [0.2, 0.25) is 5.95 Å². The summed E-state index contributed by atoms with van der Waals surface area (Å²) >= 11 is 0. The first-order valence-corrected chi connectivity index (χ1v) is 9.37. The molecule has 0 spiro atoms. The molecule has 0 aliphatic carbocycles. The Hall–Kier alpha value is -4.26. The third kappa shape index (κ3) is 2.76. The van der Waals surface area contributed by atoms with Crippen molar-refractivity contribution in [2.45, 2.75) is 6.04 Å². The number of aromatic nitrogens is 3. The zero-order chi connectivity index (χ0) is 20.7. The lowest BCUT2D eigenvalue weighted by molar-refractivity contribution is -0.132. The second-order valence-corrected chi connectivity index (χ2v) is 6.87. The van der Waals surface area contributed by atoms with Crippen LogP contribution < -0.4 is 4.90 Å². The number of nitrogens with zero attached hydrogens (tertiary/aromatic N) is 3. The molecule has 146 valence electrons. The molecule has 0 bridgehead atoms. The maximum Gasteiger partial charge on any atom is 0.302 e. The van der Waals surface area contributed by atoms with Crippen molar-refractivity contribution in [3.63, 3.8) is 0 Å². The van der Waals surface area contributed by atoms with Crippen molar-refractivity contribution in [1.29, 1.82) is 0 Å². The van der Waals surface area contributed by atoms with Gasteiger partial charge in [-0.3, -0.25) is 19.5 Å². The van der Waals surface area contributed by atoms with Gasteiger partial charge < -0.3 is 10.1 Å². The highest BCUT2D eigenvalue weighted by Crippen LogP contribution is 2.40. The van der Waals surface area contributed by atoms with Gasteiger partial charge in [-0.25, -0.2) is 4.98 Å². The maximum atomic E-state index is 13.1. The number of Topliss-reactive ketones (excluding diaryl/α,β-unsaturated/α-hetero) is 1. The van der Waals surface area contributed by atoms with E-state index in [1.165, 1.54) is 4.90 Å². The van der Waals surface area contributed by atoms with Crippen LogP contribution in [0.2, 0.25) is 0 Å². The molecule has 1 unspecified atom stereocenters. The number of para-hydroxylation sites is 2. The number of carbonyl (C=O) groups is 2. The van der Waals surface area contributed by atoms with Crippen LogP contribution in [0.15, 0.2) is 84.6 Å². The number of benzene rings is 2. The second-order valence-electron chi connectivity index (χ2n) is 6.87. The number of rotatable bonds is 3. The number of fused-ring (bicyclic) bond motifs is 1. The van der Waals surface area contributed by atoms with Crippen LogP contribution in [-0.4, -0.2) is 31.7 Å². The molecule has 1 amide bonds. The van der Waals surface area contributed by atoms with Crippen molar-refractivity contribution < 1.29 is 14.7 Å². The van der Waals surface area contributed by atoms with Crippen LogP contribution in [0, 0.1) is 0 Å². The maximum absolute atomic E-state index is 13.1. The molecule has 1 saturated heterocycles. The summed E-state index contributed by atoms with van der Waals surface area (Å²) in [4.78, 5) is 39.3. The van der Waals surface area contributed by atoms with Crippen LogP contribution in [0.4, 0.5) is 5.95 Å². The Morgan fingerprint density at radius 1 is 0.933 bits per heavy atom. The Morgan fingerprint density at radius 2 is 1.67 bits per heavy atom. The fourth-order valence-electron chi connectivity index (χ4n) is 3.67. The van der Waals surface area contributed by atoms with E-state index in [1.807, 2.05) is 24.3 Å². The average molecular weight is 396 g/mol. The molecule has 1 atom stereocenters. The Kier molecular flexibility index (Phi) is 4.14. The highest BCUT2D eigenvalue weighted by atomic mass is 16.3. The molecule has 2 aromatic heterocycles. The number of anilines is 1. The molecule has 3 heterocycles. The van der Waals surface area contributed by atoms with Crippen LogP contribution in [0.3, 0.4) is 0 Å². The lowest BCUT2D eigenvalue weighted by Gasteiger charge is -2.22. The number of hydrogen-bond donors (Lipinski definition) is 2. The van der Waals surface area contributed by atoms with Crippen LogP contribution in [0.5, 0.6) is 0 Å². The van der Waals surface area contributed by atoms with E-state index in [2.05, 4.69) is 15.0 Å². The van der Waals surface area contributed by atoms with Gasteiger partial charge in [-0.15, -0.1) is 0 Å². The minimum Gasteiger partial charge on any atom is -0.507 e. The van der Waals surface area contributed by atoms with Gasteiger partial charge in [0, 0.05) is 11.8 Å². The van der Waals surface area contributed by atoms with E-state index in [9.17, 15) is 14.7 Å². The lowest BCUT2D eigenvalue weighted by Crippen LogP contribution is -2.30. The number of ketones is 1. The molecular weight excluding hydrogens is 380 g/mol. The molecule has 1 aliphatic heterocycles. The van der Waals surface area contributed by atoms with Gasteiger partial charge in [0.1, 0.15) is 11.8 Å². The molecule has 7 heteroatoms. The van der Waals surface area contributed by atoms with Crippen LogP contribution >= 0.6 is 0 Å². The quantitative estimate of drug-likeness (QED) is 0.313. The molecule has 0 radical (unpaired) electrons. The highest BCUT2D eigenvalue weighted by molar-refractivity contribution is 6.51. The molecule has 1 fully saturated rings. The summed E-state index contributed by atoms with van der Waals surface area (Å²) in [6.45, 7) is 0. The third-order valence-electron chi connectivity index (χ3n) is 5.06. The summed E-state index contributed by atoms with van der Waals surface area (Å²) in [6.07, 6.45) is 1.58. The van der Waals surface area contributed by atoms with E-state index >= 15 is 0 Å². The van der Waals surface area contributed by atoms with Gasteiger partial charge in [0.25, 0.3) is 5.78 Å². The van der Waals surface area contributed by atoms with Gasteiger partial charge in [0.15, 0.2) is 0 Å². The van der Waals surface area contributed by atoms with E-state index in [4.69, 9.17) is 0 Å². The molecule has 30 heavy (non-hydrogen) atoms. The van der Waals surface area contributed by atoms with E-state index in [-0.39, 0.29) is 17.3 Å². The number of H-pyrrole nitrogens is 1. The predicted octanol–water partition coefficient (Wildman–Crippen LogP) is 3.58. The monoisotopic (exact) mass is 396 g/mol. The zero-order valence-corrected chi connectivity index (χ0v) is 15.7. The summed E-state index contributed by atoms with van der Waals surface area (Å²) < 4.78 is 0. The summed E-state index contributed by atoms with van der Waals surface area (Å²) in [5, 5.41) is 11.0. The minimum absolute atomic E-state index is 0.0228. The SMILES string of the molecule is O=C1C(=O)N(c2nc3ccccc3[nH]2)C(c2ccccn2)/C1=C(\O)c1ccccc1. The molecule has 1 aliphatic rings. The van der Waals surface area contributed by atoms with Crippen molar-refractivity contribution in [3.05, 3.63) is 95.8 Å². The first-order valence-electron chi connectivity index (χ1n) is 9.37. The standard InChI is InChI=1S/C23H16N4O3/c28-20(14-8-2-1-3-9-14)18-19(17-12-6-7-13-24-17)27(22(30)21(18)29)23-25-15-10-4-5-11-16(15)26-23/h1-13,19,28H,(H,25,26)/b20-18+. The van der Waals surface area contributed by atoms with Gasteiger partial charge in [0.05, 0.1) is 22.3 Å². The van der Waals surface area contributed by atoms with E-state index < -0.39 is 17.7 Å². The second kappa shape index (κ2) is 6.97. The van der Waals surface area contributed by atoms with Crippen molar-refractivity contribution in [3.8, 4) is 0 Å². The Balaban J connectivity index is 1.74. The minimum atomic E-state index is -0.910. The first kappa shape index (κ1) is 17.8. The smallest absolute Gasteiger partial charge is 0.302 e. The summed E-state index contributed by atoms with van der Waals surface area (Å²) in [6, 6.07) is 20.3. The number of pyridine rings is 1. The molecule has 5 rings (SSSR count). The number of aliphatic hydroxyl groups is 1. The molecule has 7 nitrogen and oxygen atoms in total. The van der Waals surface area contributed by atoms with Crippen LogP contribution in [-0.2, 0) is 9.59 Å². The fraction of sp³-hybridized carbons (Fsp3) is 0.0435. The number of imidazole rings is 1. The molecular formula is C23H16N4O3. The van der Waals surface area contributed by atoms with E-state index in [1.54, 1.807) is 54.7 Å². The van der Waals surface area contributed by atoms with E-state index in [0.29, 0.717) is 16.8 Å². The van der Waals surface area contributed by atoms with Crippen molar-refractivity contribution >= 4 is 34.4 Å². The summed E-state index contributed by atoms with van der Waals surface area (Å²) in [5.41, 5.74) is 2.27. The predicted molar refractivity (Wildman–Crippen MR) is 112 cm³/mol. The van der Waals surface area contributed by atoms with E-state index in [0.717, 1.165) is 5.52 Å². The fourth-order valence-corrected chi connectivity index (χ4v) is 3.67. The van der Waals surface area contributed by atoms with Crippen molar-refractivity contribution in [2.24, 2.45) is 0 Å². The lowest BCUT2D eigenvalue weighted by atomic mass is 9.98. The van der Waals surface area contributed by atoms with Crippen molar-refractivity contribution in [1.82, 2.24) is 15.0 Å². The third-order valence-corrected chi connectivity index (χ3v) is 5.06. The van der Waals surface area contributed by atoms with Gasteiger partial charge in [-0.1, -0.05) is 48.5 Å². The Morgan fingerprint density at radius 3 is 2.40 bits per heavy atom. The van der Waals surface area contributed by atoms with Crippen LogP contribution in [0.25, 0.3) is 16.8 Å². The van der Waals surface area contributed by atoms with Crippen molar-refractivity contribution in [2.75, 3.05) is 4.90 Å². The van der Waals surface area contributed by atoms with Gasteiger partial charge in [-0.05, 0) is 24.3 Å². The normalized spacial score (nSPS) is 18.3. The zero-order valence-electron chi connectivity index (χ0n) is 15.7. The first-order chi connectivity index (χ1) is 14.6. The number of carbonyl (C=O) groups excluding carboxylic acids is 2. The number of hydrogen-bond acceptors (Lipinski definition) is 5. The number of aromatic amines is 1. The topological polar surface area (TPSA) is 99.2 Å². The molecule has 2 aromatic carbocycles. The molecule has 0 saturated carbocycles. The number of amides is 1. The Bertz CT molecular complexity index is 1260. The van der Waals surface area contributed by atoms with Crippen LogP contribution in [0.1, 0.15) is 17.3 Å². The Labute approximate surface area is 171 Å². The average Bonchev–Trinajstić information content (AvgIpc) is 3.33. The largest absolute Gasteiger partial charge is 0.507 e. The number of aliphatic hydroxyl groups excluding tert-OH is 1. The molecule has 2 N–H and O–H groups in total. The summed E-state index contributed by atoms with van der Waals surface area (Å²) in [5.74, 6) is -1.58. The van der Waals surface area contributed by atoms with Gasteiger partial charge in [-0.2, -0.15) is 0 Å². The highest BCUT2D eigenvalue weighted by Gasteiger charge is 2.48. The summed E-state index contributed by atoms with van der Waals surface area (Å²) in [7, 11) is 0. The van der Waals surface area contributed by atoms with Gasteiger partial charge >= 0.3 is 5.91 Å². The number of nitrogens with one attached hydrogen (secondary N) is 1. The molecule has 4 aromatic rings.